The van der Waals surface area contributed by atoms with Crippen molar-refractivity contribution in [2.45, 2.75) is 19.8 Å². The Labute approximate surface area is 125 Å². The number of carbonyl (C=O) groups excluding carboxylic acids is 1. The van der Waals surface area contributed by atoms with Crippen molar-refractivity contribution in [2.75, 3.05) is 13.1 Å². The van der Waals surface area contributed by atoms with Crippen molar-refractivity contribution < 1.29 is 23.5 Å². The van der Waals surface area contributed by atoms with Crippen LogP contribution < -0.4 is 0 Å². The molecule has 0 radical (unpaired) electrons. The Morgan fingerprint density at radius 2 is 2.00 bits per heavy atom. The molecular weight excluding hydrogens is 304 g/mol. The van der Waals surface area contributed by atoms with Crippen molar-refractivity contribution in [2.24, 2.45) is 5.41 Å². The summed E-state index contributed by atoms with van der Waals surface area (Å²) in [4.78, 5) is 25.0. The number of halogens is 3. The molecule has 1 fully saturated rings. The van der Waals surface area contributed by atoms with E-state index in [4.69, 9.17) is 11.6 Å². The number of rotatable bonds is 3. The molecule has 1 aromatic rings. The lowest BCUT2D eigenvalue weighted by atomic mass is 9.84. The standard InChI is InChI=1S/C14H14ClF2NO3/c1-2-14(13(20)21)3-4-18(7-14)12(19)8-5-10(16)11(17)6-9(8)15/h5-6H,2-4,7H2,1H3,(H,20,21). The lowest BCUT2D eigenvalue weighted by Gasteiger charge is -2.23. The molecule has 1 aliphatic heterocycles. The number of likely N-dealkylation sites (tertiary alicyclic amines) is 1. The van der Waals surface area contributed by atoms with Gasteiger partial charge in [-0.1, -0.05) is 18.5 Å². The second kappa shape index (κ2) is 5.60. The average Bonchev–Trinajstić information content (AvgIpc) is 2.88. The maximum atomic E-state index is 13.3. The van der Waals surface area contributed by atoms with Gasteiger partial charge in [0.2, 0.25) is 0 Å². The van der Waals surface area contributed by atoms with Crippen LogP contribution in [-0.4, -0.2) is 35.0 Å². The molecule has 1 N–H and O–H groups in total. The van der Waals surface area contributed by atoms with E-state index >= 15 is 0 Å². The number of benzene rings is 1. The van der Waals surface area contributed by atoms with Crippen LogP contribution >= 0.6 is 11.6 Å². The van der Waals surface area contributed by atoms with Gasteiger partial charge in [0.05, 0.1) is 16.0 Å². The highest BCUT2D eigenvalue weighted by atomic mass is 35.5. The molecule has 1 amide bonds. The summed E-state index contributed by atoms with van der Waals surface area (Å²) in [5.41, 5.74) is -1.14. The molecule has 1 unspecified atom stereocenters. The molecule has 1 saturated heterocycles. The fourth-order valence-corrected chi connectivity index (χ4v) is 2.75. The van der Waals surface area contributed by atoms with Crippen molar-refractivity contribution >= 4 is 23.5 Å². The fraction of sp³-hybridized carbons (Fsp3) is 0.429. The van der Waals surface area contributed by atoms with Gasteiger partial charge in [0, 0.05) is 13.1 Å². The number of hydrogen-bond acceptors (Lipinski definition) is 2. The number of carboxylic acids is 1. The lowest BCUT2D eigenvalue weighted by molar-refractivity contribution is -0.148. The minimum atomic E-state index is -1.16. The molecule has 4 nitrogen and oxygen atoms in total. The van der Waals surface area contributed by atoms with E-state index in [1.807, 2.05) is 0 Å². The molecule has 1 atom stereocenters. The Kier molecular flexibility index (Phi) is 4.18. The summed E-state index contributed by atoms with van der Waals surface area (Å²) >= 11 is 5.77. The van der Waals surface area contributed by atoms with Gasteiger partial charge in [0.25, 0.3) is 5.91 Å². The third-order valence-corrected chi connectivity index (χ3v) is 4.32. The van der Waals surface area contributed by atoms with E-state index < -0.39 is 28.9 Å². The summed E-state index contributed by atoms with van der Waals surface area (Å²) in [5.74, 6) is -3.85. The summed E-state index contributed by atoms with van der Waals surface area (Å²) in [6.45, 7) is 2.02. The Bertz CT molecular complexity index is 608. The Balaban J connectivity index is 2.27. The van der Waals surface area contributed by atoms with Crippen LogP contribution in [0.4, 0.5) is 8.78 Å². The number of carboxylic acid groups (broad SMARTS) is 1. The first-order chi connectivity index (χ1) is 9.80. The molecule has 21 heavy (non-hydrogen) atoms. The van der Waals surface area contributed by atoms with Crippen LogP contribution in [0.3, 0.4) is 0 Å². The molecule has 114 valence electrons. The maximum absolute atomic E-state index is 13.3. The van der Waals surface area contributed by atoms with Gasteiger partial charge >= 0.3 is 5.97 Å². The molecule has 0 spiro atoms. The van der Waals surface area contributed by atoms with E-state index in [9.17, 15) is 23.5 Å². The van der Waals surface area contributed by atoms with Gasteiger partial charge in [-0.3, -0.25) is 9.59 Å². The van der Waals surface area contributed by atoms with Crippen LogP contribution in [0.5, 0.6) is 0 Å². The van der Waals surface area contributed by atoms with E-state index in [2.05, 4.69) is 0 Å². The highest BCUT2D eigenvalue weighted by molar-refractivity contribution is 6.33. The van der Waals surface area contributed by atoms with Crippen molar-refractivity contribution in [3.63, 3.8) is 0 Å². The summed E-state index contributed by atoms with van der Waals surface area (Å²) in [7, 11) is 0. The first-order valence-corrected chi connectivity index (χ1v) is 6.86. The first-order valence-electron chi connectivity index (χ1n) is 6.48. The average molecular weight is 318 g/mol. The zero-order valence-electron chi connectivity index (χ0n) is 11.3. The highest BCUT2D eigenvalue weighted by Gasteiger charge is 2.45. The van der Waals surface area contributed by atoms with Gasteiger partial charge in [-0.15, -0.1) is 0 Å². The van der Waals surface area contributed by atoms with E-state index in [0.29, 0.717) is 12.8 Å². The minimum absolute atomic E-state index is 0.0347. The Hall–Kier alpha value is -1.69. The summed E-state index contributed by atoms with van der Waals surface area (Å²) in [5, 5.41) is 9.10. The summed E-state index contributed by atoms with van der Waals surface area (Å²) in [6.07, 6.45) is 0.712. The van der Waals surface area contributed by atoms with E-state index in [1.54, 1.807) is 6.92 Å². The number of aliphatic carboxylic acids is 1. The number of hydrogen-bond donors (Lipinski definition) is 1. The van der Waals surface area contributed by atoms with Gasteiger partial charge in [0.1, 0.15) is 0 Å². The van der Waals surface area contributed by atoms with Crippen molar-refractivity contribution in [1.29, 1.82) is 0 Å². The molecule has 0 aromatic heterocycles. The summed E-state index contributed by atoms with van der Waals surface area (Å²) < 4.78 is 26.3. The van der Waals surface area contributed by atoms with Gasteiger partial charge < -0.3 is 10.0 Å². The number of nitrogens with zero attached hydrogens (tertiary/aromatic N) is 1. The molecular formula is C14H14ClF2NO3. The van der Waals surface area contributed by atoms with Crippen molar-refractivity contribution in [3.8, 4) is 0 Å². The molecule has 1 heterocycles. The van der Waals surface area contributed by atoms with Crippen molar-refractivity contribution in [1.82, 2.24) is 4.90 Å². The predicted octanol–water partition coefficient (Wildman–Crippen LogP) is 2.95. The molecule has 2 rings (SSSR count). The van der Waals surface area contributed by atoms with Crippen LogP contribution in [-0.2, 0) is 4.79 Å². The first kappa shape index (κ1) is 15.7. The van der Waals surface area contributed by atoms with Gasteiger partial charge in [-0.2, -0.15) is 0 Å². The molecule has 0 saturated carbocycles. The van der Waals surface area contributed by atoms with Crippen LogP contribution in [0.1, 0.15) is 30.1 Å². The summed E-state index contributed by atoms with van der Waals surface area (Å²) in [6, 6.07) is 1.48. The number of carbonyl (C=O) groups is 2. The molecule has 0 bridgehead atoms. The predicted molar refractivity (Wildman–Crippen MR) is 72.2 cm³/mol. The normalized spacial score (nSPS) is 21.6. The SMILES string of the molecule is CCC1(C(=O)O)CCN(C(=O)c2cc(F)c(F)cc2Cl)C1. The van der Waals surface area contributed by atoms with Gasteiger partial charge in [-0.05, 0) is 25.0 Å². The highest BCUT2D eigenvalue weighted by Crippen LogP contribution is 2.35. The Morgan fingerprint density at radius 1 is 1.38 bits per heavy atom. The minimum Gasteiger partial charge on any atom is -0.481 e. The monoisotopic (exact) mass is 317 g/mol. The topological polar surface area (TPSA) is 57.6 Å². The van der Waals surface area contributed by atoms with Crippen LogP contribution in [0.25, 0.3) is 0 Å². The van der Waals surface area contributed by atoms with Crippen LogP contribution in [0.2, 0.25) is 5.02 Å². The van der Waals surface area contributed by atoms with Gasteiger partial charge in [0.15, 0.2) is 11.6 Å². The molecule has 0 aliphatic carbocycles. The lowest BCUT2D eigenvalue weighted by Crippen LogP contribution is -2.36. The quantitative estimate of drug-likeness (QED) is 0.872. The Morgan fingerprint density at radius 3 is 2.52 bits per heavy atom. The fourth-order valence-electron chi connectivity index (χ4n) is 2.52. The third kappa shape index (κ3) is 2.72. The smallest absolute Gasteiger partial charge is 0.311 e. The zero-order valence-corrected chi connectivity index (χ0v) is 12.1. The maximum Gasteiger partial charge on any atom is 0.311 e. The molecule has 1 aromatic carbocycles. The number of amides is 1. The van der Waals surface area contributed by atoms with E-state index in [1.165, 1.54) is 4.90 Å². The second-order valence-corrected chi connectivity index (χ2v) is 5.57. The largest absolute Gasteiger partial charge is 0.481 e. The second-order valence-electron chi connectivity index (χ2n) is 5.16. The molecule has 1 aliphatic rings. The van der Waals surface area contributed by atoms with E-state index in [0.717, 1.165) is 12.1 Å². The van der Waals surface area contributed by atoms with E-state index in [-0.39, 0.29) is 23.7 Å². The zero-order chi connectivity index (χ0) is 15.8. The van der Waals surface area contributed by atoms with Crippen LogP contribution in [0.15, 0.2) is 12.1 Å². The molecule has 7 heteroatoms. The van der Waals surface area contributed by atoms with Crippen LogP contribution in [0, 0.1) is 17.0 Å². The van der Waals surface area contributed by atoms with Gasteiger partial charge in [-0.25, -0.2) is 8.78 Å². The third-order valence-electron chi connectivity index (χ3n) is 4.01. The van der Waals surface area contributed by atoms with Crippen molar-refractivity contribution in [3.05, 3.63) is 34.4 Å².